The van der Waals surface area contributed by atoms with Gasteiger partial charge in [-0.15, -0.1) is 0 Å². The van der Waals surface area contributed by atoms with Gasteiger partial charge in [0, 0.05) is 42.3 Å². The van der Waals surface area contributed by atoms with Gasteiger partial charge in [-0.25, -0.2) is 4.39 Å². The van der Waals surface area contributed by atoms with Gasteiger partial charge in [-0.3, -0.25) is 9.69 Å². The van der Waals surface area contributed by atoms with Gasteiger partial charge in [0.15, 0.2) is 0 Å². The van der Waals surface area contributed by atoms with Gasteiger partial charge < -0.3 is 21.1 Å². The second-order valence-corrected chi connectivity index (χ2v) is 7.68. The molecule has 0 atom stereocenters. The fourth-order valence-electron chi connectivity index (χ4n) is 3.70. The van der Waals surface area contributed by atoms with Crippen molar-refractivity contribution in [1.29, 1.82) is 0 Å². The molecule has 164 valence electrons. The zero-order valence-corrected chi connectivity index (χ0v) is 17.5. The number of anilines is 2. The molecule has 0 radical (unpaired) electrons. The fourth-order valence-corrected chi connectivity index (χ4v) is 3.70. The number of amides is 1. The van der Waals surface area contributed by atoms with Crippen LogP contribution in [-0.2, 0) is 13.1 Å². The summed E-state index contributed by atoms with van der Waals surface area (Å²) < 4.78 is 13.7. The Morgan fingerprint density at radius 2 is 1.84 bits per heavy atom. The van der Waals surface area contributed by atoms with Gasteiger partial charge in [0.1, 0.15) is 5.82 Å². The minimum absolute atomic E-state index is 0.00963. The van der Waals surface area contributed by atoms with Crippen LogP contribution < -0.4 is 11.1 Å². The molecule has 0 saturated carbocycles. The van der Waals surface area contributed by atoms with Gasteiger partial charge in [-0.1, -0.05) is 24.3 Å². The van der Waals surface area contributed by atoms with Crippen LogP contribution in [0.25, 0.3) is 10.9 Å². The largest absolute Gasteiger partial charge is 0.397 e. The summed E-state index contributed by atoms with van der Waals surface area (Å²) in [6.07, 6.45) is 1.87. The number of nitrogens with zero attached hydrogens (tertiary/aromatic N) is 1. The van der Waals surface area contributed by atoms with Crippen molar-refractivity contribution in [3.05, 3.63) is 95.4 Å². The maximum atomic E-state index is 13.7. The summed E-state index contributed by atoms with van der Waals surface area (Å²) in [5.74, 6) is -0.513. The maximum absolute atomic E-state index is 13.7. The number of nitrogens with two attached hydrogens (primary N) is 1. The molecule has 1 amide bonds. The van der Waals surface area contributed by atoms with Gasteiger partial charge in [-0.2, -0.15) is 0 Å². The molecule has 1 aromatic heterocycles. The molecule has 0 aliphatic rings. The van der Waals surface area contributed by atoms with E-state index in [1.54, 1.807) is 30.3 Å². The Morgan fingerprint density at radius 1 is 1.06 bits per heavy atom. The molecule has 0 saturated heterocycles. The molecule has 5 N–H and O–H groups in total. The third-order valence-corrected chi connectivity index (χ3v) is 5.37. The number of H-pyrrole nitrogens is 1. The highest BCUT2D eigenvalue weighted by atomic mass is 19.1. The Kier molecular flexibility index (Phi) is 6.49. The lowest BCUT2D eigenvalue weighted by Crippen LogP contribution is -2.26. The van der Waals surface area contributed by atoms with E-state index in [1.807, 2.05) is 30.5 Å². The number of fused-ring (bicyclic) bond motifs is 1. The second-order valence-electron chi connectivity index (χ2n) is 7.68. The fraction of sp³-hybridized carbons (Fsp3) is 0.160. The van der Waals surface area contributed by atoms with Gasteiger partial charge >= 0.3 is 0 Å². The second kappa shape index (κ2) is 9.64. The number of halogens is 1. The number of carbonyl (C=O) groups excluding carboxylic acids is 1. The van der Waals surface area contributed by atoms with E-state index in [1.165, 1.54) is 12.1 Å². The topological polar surface area (TPSA) is 94.4 Å². The summed E-state index contributed by atoms with van der Waals surface area (Å²) in [5, 5.41) is 13.2. The minimum Gasteiger partial charge on any atom is -0.397 e. The van der Waals surface area contributed by atoms with Crippen LogP contribution in [0.3, 0.4) is 0 Å². The number of hydrogen-bond acceptors (Lipinski definition) is 4. The highest BCUT2D eigenvalue weighted by Crippen LogP contribution is 2.22. The van der Waals surface area contributed by atoms with Crippen molar-refractivity contribution in [1.82, 2.24) is 9.88 Å². The first kappa shape index (κ1) is 21.5. The molecule has 1 heterocycles. The predicted octanol–water partition coefficient (Wildman–Crippen LogP) is 4.14. The number of nitrogens with one attached hydrogen (secondary N) is 2. The van der Waals surface area contributed by atoms with E-state index in [0.29, 0.717) is 36.6 Å². The molecule has 0 bridgehead atoms. The Balaban J connectivity index is 1.44. The predicted molar refractivity (Wildman–Crippen MR) is 125 cm³/mol. The highest BCUT2D eigenvalue weighted by molar-refractivity contribution is 6.05. The van der Waals surface area contributed by atoms with E-state index in [9.17, 15) is 14.3 Å². The van der Waals surface area contributed by atoms with Crippen LogP contribution in [0.4, 0.5) is 15.8 Å². The third-order valence-electron chi connectivity index (χ3n) is 5.37. The number of benzene rings is 3. The smallest absolute Gasteiger partial charge is 0.255 e. The quantitative estimate of drug-likeness (QED) is 0.315. The van der Waals surface area contributed by atoms with E-state index in [4.69, 9.17) is 5.73 Å². The summed E-state index contributed by atoms with van der Waals surface area (Å²) in [6, 6.07) is 19.1. The number of rotatable bonds is 8. The molecule has 7 heteroatoms. The maximum Gasteiger partial charge on any atom is 0.255 e. The van der Waals surface area contributed by atoms with E-state index < -0.39 is 0 Å². The minimum atomic E-state index is -0.279. The average Bonchev–Trinajstić information content (AvgIpc) is 3.17. The van der Waals surface area contributed by atoms with Crippen LogP contribution in [0.15, 0.2) is 72.9 Å². The Bertz CT molecular complexity index is 1220. The standard InChI is InChI=1S/C25H25FN4O2/c26-20-9-10-23-21(13-20)19(14-28-23)16-30(11-12-31)15-17-5-7-18(8-6-17)25(32)29-24-4-2-1-3-22(24)27/h1-10,13-14,28,31H,11-12,15-16,27H2,(H,29,32). The summed E-state index contributed by atoms with van der Waals surface area (Å²) in [7, 11) is 0. The average molecular weight is 432 g/mol. The van der Waals surface area contributed by atoms with Crippen molar-refractivity contribution in [2.75, 3.05) is 24.2 Å². The number of aromatic amines is 1. The summed E-state index contributed by atoms with van der Waals surface area (Å²) in [6.45, 7) is 1.61. The first-order valence-corrected chi connectivity index (χ1v) is 10.4. The number of nitrogen functional groups attached to an aromatic ring is 1. The molecule has 4 aromatic rings. The van der Waals surface area contributed by atoms with Crippen molar-refractivity contribution < 1.29 is 14.3 Å². The van der Waals surface area contributed by atoms with Crippen molar-refractivity contribution in [3.8, 4) is 0 Å². The van der Waals surface area contributed by atoms with E-state index in [0.717, 1.165) is 22.0 Å². The number of aromatic nitrogens is 1. The zero-order chi connectivity index (χ0) is 22.5. The van der Waals surface area contributed by atoms with Crippen LogP contribution in [0, 0.1) is 5.82 Å². The van der Waals surface area contributed by atoms with Gasteiger partial charge in [-0.05, 0) is 53.6 Å². The SMILES string of the molecule is Nc1ccccc1NC(=O)c1ccc(CN(CCO)Cc2c[nH]c3ccc(F)cc23)cc1. The van der Waals surface area contributed by atoms with Crippen LogP contribution in [0.1, 0.15) is 21.5 Å². The molecule has 32 heavy (non-hydrogen) atoms. The monoisotopic (exact) mass is 432 g/mol. The normalized spacial score (nSPS) is 11.2. The lowest BCUT2D eigenvalue weighted by atomic mass is 10.1. The lowest BCUT2D eigenvalue weighted by Gasteiger charge is -2.21. The van der Waals surface area contributed by atoms with Crippen LogP contribution in [0.2, 0.25) is 0 Å². The van der Waals surface area contributed by atoms with Crippen molar-refractivity contribution in [2.45, 2.75) is 13.1 Å². The number of carbonyl (C=O) groups is 1. The molecular weight excluding hydrogens is 407 g/mol. The van der Waals surface area contributed by atoms with Crippen LogP contribution in [-0.4, -0.2) is 34.0 Å². The van der Waals surface area contributed by atoms with Crippen LogP contribution in [0.5, 0.6) is 0 Å². The zero-order valence-electron chi connectivity index (χ0n) is 17.5. The summed E-state index contributed by atoms with van der Waals surface area (Å²) in [4.78, 5) is 17.8. The number of aliphatic hydroxyl groups is 1. The molecular formula is C25H25FN4O2. The number of hydrogen-bond donors (Lipinski definition) is 4. The number of para-hydroxylation sites is 2. The Labute approximate surface area is 185 Å². The molecule has 3 aromatic carbocycles. The third kappa shape index (κ3) is 4.96. The van der Waals surface area contributed by atoms with Gasteiger partial charge in [0.05, 0.1) is 18.0 Å². The molecule has 0 aliphatic carbocycles. The van der Waals surface area contributed by atoms with Crippen LogP contribution >= 0.6 is 0 Å². The Morgan fingerprint density at radius 3 is 2.59 bits per heavy atom. The van der Waals surface area contributed by atoms with Gasteiger partial charge in [0.2, 0.25) is 0 Å². The van der Waals surface area contributed by atoms with Crippen molar-refractivity contribution >= 4 is 28.2 Å². The van der Waals surface area contributed by atoms with Crippen molar-refractivity contribution in [2.24, 2.45) is 0 Å². The van der Waals surface area contributed by atoms with Crippen molar-refractivity contribution in [3.63, 3.8) is 0 Å². The Hall–Kier alpha value is -3.68. The lowest BCUT2D eigenvalue weighted by molar-refractivity contribution is 0.102. The summed E-state index contributed by atoms with van der Waals surface area (Å²) >= 11 is 0. The van der Waals surface area contributed by atoms with E-state index >= 15 is 0 Å². The molecule has 0 aliphatic heterocycles. The molecule has 4 rings (SSSR count). The molecule has 0 unspecified atom stereocenters. The first-order chi connectivity index (χ1) is 15.5. The molecule has 0 fully saturated rings. The highest BCUT2D eigenvalue weighted by Gasteiger charge is 2.13. The molecule has 6 nitrogen and oxygen atoms in total. The molecule has 0 spiro atoms. The summed E-state index contributed by atoms with van der Waals surface area (Å²) in [5.41, 5.74) is 10.3. The van der Waals surface area contributed by atoms with E-state index in [2.05, 4.69) is 15.2 Å². The van der Waals surface area contributed by atoms with Gasteiger partial charge in [0.25, 0.3) is 5.91 Å². The van der Waals surface area contributed by atoms with E-state index in [-0.39, 0.29) is 18.3 Å². The first-order valence-electron chi connectivity index (χ1n) is 10.4. The number of aliphatic hydroxyl groups excluding tert-OH is 1.